The smallest absolute Gasteiger partial charge is 0.235 e. The van der Waals surface area contributed by atoms with Crippen LogP contribution in [0.15, 0.2) is 16.7 Å². The standard InChI is InChI=1S/C9H6BrClN2O2/c10-9-6(1-2-7(11)12-9)13-4-5(14)3-8(13)15/h1-2H,3-4H2. The van der Waals surface area contributed by atoms with Gasteiger partial charge in [0.25, 0.3) is 0 Å². The normalized spacial score (nSPS) is 16.3. The fourth-order valence-corrected chi connectivity index (χ4v) is 2.20. The molecule has 1 amide bonds. The summed E-state index contributed by atoms with van der Waals surface area (Å²) in [4.78, 5) is 27.9. The van der Waals surface area contributed by atoms with Gasteiger partial charge in [-0.15, -0.1) is 0 Å². The summed E-state index contributed by atoms with van der Waals surface area (Å²) < 4.78 is 0.470. The second-order valence-electron chi connectivity index (χ2n) is 3.14. The van der Waals surface area contributed by atoms with Crippen molar-refractivity contribution in [1.82, 2.24) is 4.98 Å². The first kappa shape index (κ1) is 10.6. The van der Waals surface area contributed by atoms with Gasteiger partial charge in [0, 0.05) is 0 Å². The molecule has 0 radical (unpaired) electrons. The van der Waals surface area contributed by atoms with Crippen LogP contribution < -0.4 is 4.90 Å². The third-order valence-corrected chi connectivity index (χ3v) is 2.86. The molecule has 0 unspecified atom stereocenters. The molecule has 78 valence electrons. The van der Waals surface area contributed by atoms with E-state index in [0.29, 0.717) is 15.4 Å². The van der Waals surface area contributed by atoms with E-state index in [1.165, 1.54) is 4.90 Å². The van der Waals surface area contributed by atoms with Gasteiger partial charge in [-0.05, 0) is 28.1 Å². The third-order valence-electron chi connectivity index (χ3n) is 2.07. The molecule has 2 rings (SSSR count). The predicted octanol–water partition coefficient (Wildman–Crippen LogP) is 1.80. The van der Waals surface area contributed by atoms with Crippen LogP contribution >= 0.6 is 27.5 Å². The fourth-order valence-electron chi connectivity index (χ4n) is 1.41. The Kier molecular flexibility index (Phi) is 2.75. The lowest BCUT2D eigenvalue weighted by Gasteiger charge is -2.15. The summed E-state index contributed by atoms with van der Waals surface area (Å²) in [5, 5.41) is 0.337. The van der Waals surface area contributed by atoms with E-state index in [4.69, 9.17) is 11.6 Å². The average Bonchev–Trinajstić information content (AvgIpc) is 2.45. The average molecular weight is 290 g/mol. The van der Waals surface area contributed by atoms with Crippen LogP contribution in [0.5, 0.6) is 0 Å². The van der Waals surface area contributed by atoms with Gasteiger partial charge in [0.15, 0.2) is 5.78 Å². The van der Waals surface area contributed by atoms with Crippen molar-refractivity contribution in [3.8, 4) is 0 Å². The molecule has 15 heavy (non-hydrogen) atoms. The second-order valence-corrected chi connectivity index (χ2v) is 4.28. The number of ketones is 1. The number of anilines is 1. The topological polar surface area (TPSA) is 50.3 Å². The van der Waals surface area contributed by atoms with Gasteiger partial charge in [0.1, 0.15) is 9.76 Å². The van der Waals surface area contributed by atoms with E-state index in [2.05, 4.69) is 20.9 Å². The van der Waals surface area contributed by atoms with Crippen molar-refractivity contribution in [1.29, 1.82) is 0 Å². The molecule has 0 aliphatic carbocycles. The van der Waals surface area contributed by atoms with E-state index in [-0.39, 0.29) is 24.7 Å². The number of carbonyl (C=O) groups is 2. The molecule has 1 aromatic heterocycles. The molecule has 1 aliphatic rings. The summed E-state index contributed by atoms with van der Waals surface area (Å²) in [5.74, 6) is -0.285. The van der Waals surface area contributed by atoms with Crippen LogP contribution in [0.1, 0.15) is 6.42 Å². The number of carbonyl (C=O) groups excluding carboxylic acids is 2. The van der Waals surface area contributed by atoms with Crippen molar-refractivity contribution in [2.45, 2.75) is 6.42 Å². The molecule has 0 spiro atoms. The van der Waals surface area contributed by atoms with Crippen LogP contribution in [-0.4, -0.2) is 23.2 Å². The van der Waals surface area contributed by atoms with Crippen molar-refractivity contribution in [2.75, 3.05) is 11.4 Å². The van der Waals surface area contributed by atoms with E-state index >= 15 is 0 Å². The third kappa shape index (κ3) is 2.03. The maximum atomic E-state index is 11.4. The molecule has 1 fully saturated rings. The summed E-state index contributed by atoms with van der Waals surface area (Å²) in [5.41, 5.74) is 0.579. The Labute approximate surface area is 99.4 Å². The van der Waals surface area contributed by atoms with Crippen LogP contribution in [0.3, 0.4) is 0 Å². The first-order valence-corrected chi connectivity index (χ1v) is 5.39. The van der Waals surface area contributed by atoms with Crippen LogP contribution in [-0.2, 0) is 9.59 Å². The first-order chi connectivity index (χ1) is 7.08. The highest BCUT2D eigenvalue weighted by Crippen LogP contribution is 2.28. The molecule has 0 aromatic carbocycles. The van der Waals surface area contributed by atoms with E-state index < -0.39 is 0 Å². The number of nitrogens with zero attached hydrogens (tertiary/aromatic N) is 2. The van der Waals surface area contributed by atoms with Gasteiger partial charge >= 0.3 is 0 Å². The van der Waals surface area contributed by atoms with E-state index in [9.17, 15) is 9.59 Å². The fraction of sp³-hybridized carbons (Fsp3) is 0.222. The lowest BCUT2D eigenvalue weighted by atomic mass is 10.3. The molecular formula is C9H6BrClN2O2. The van der Waals surface area contributed by atoms with Crippen molar-refractivity contribution < 1.29 is 9.59 Å². The molecule has 0 bridgehead atoms. The van der Waals surface area contributed by atoms with E-state index in [1.54, 1.807) is 12.1 Å². The van der Waals surface area contributed by atoms with Crippen LogP contribution in [0.25, 0.3) is 0 Å². The number of Topliss-reactive ketones (excluding diaryl/α,β-unsaturated/α-hetero) is 1. The molecule has 4 nitrogen and oxygen atoms in total. The monoisotopic (exact) mass is 288 g/mol. The Morgan fingerprint density at radius 2 is 2.13 bits per heavy atom. The van der Waals surface area contributed by atoms with Gasteiger partial charge in [-0.3, -0.25) is 9.59 Å². The zero-order chi connectivity index (χ0) is 11.0. The van der Waals surface area contributed by atoms with Gasteiger partial charge in [0.05, 0.1) is 18.7 Å². The van der Waals surface area contributed by atoms with Crippen LogP contribution in [0.4, 0.5) is 5.69 Å². The minimum absolute atomic E-state index is 0.0327. The Morgan fingerprint density at radius 3 is 2.67 bits per heavy atom. The second kappa shape index (κ2) is 3.90. The lowest BCUT2D eigenvalue weighted by molar-refractivity contribution is -0.121. The summed E-state index contributed by atoms with van der Waals surface area (Å²) in [7, 11) is 0. The zero-order valence-electron chi connectivity index (χ0n) is 7.54. The van der Waals surface area contributed by atoms with Gasteiger partial charge in [-0.1, -0.05) is 11.6 Å². The molecule has 0 N–H and O–H groups in total. The molecule has 1 aromatic rings. The number of amides is 1. The van der Waals surface area contributed by atoms with Crippen LogP contribution in [0.2, 0.25) is 5.15 Å². The quantitative estimate of drug-likeness (QED) is 0.585. The van der Waals surface area contributed by atoms with Crippen LogP contribution in [0, 0.1) is 0 Å². The highest BCUT2D eigenvalue weighted by Gasteiger charge is 2.29. The number of aromatic nitrogens is 1. The largest absolute Gasteiger partial charge is 0.302 e. The highest BCUT2D eigenvalue weighted by atomic mass is 79.9. The molecule has 6 heteroatoms. The van der Waals surface area contributed by atoms with Crippen molar-refractivity contribution in [2.24, 2.45) is 0 Å². The Bertz CT molecular complexity index is 450. The molecular weight excluding hydrogens is 283 g/mol. The molecule has 0 atom stereocenters. The van der Waals surface area contributed by atoms with E-state index in [1.807, 2.05) is 0 Å². The van der Waals surface area contributed by atoms with Gasteiger partial charge in [-0.2, -0.15) is 0 Å². The predicted molar refractivity (Wildman–Crippen MR) is 58.9 cm³/mol. The van der Waals surface area contributed by atoms with Gasteiger partial charge in [0.2, 0.25) is 5.91 Å². The lowest BCUT2D eigenvalue weighted by Crippen LogP contribution is -2.25. The van der Waals surface area contributed by atoms with Crippen molar-refractivity contribution >= 4 is 44.9 Å². The molecule has 1 aliphatic heterocycles. The van der Waals surface area contributed by atoms with Gasteiger partial charge in [-0.25, -0.2) is 4.98 Å². The number of hydrogen-bond donors (Lipinski definition) is 0. The summed E-state index contributed by atoms with van der Waals surface area (Å²) in [6.07, 6.45) is -0.0327. The number of hydrogen-bond acceptors (Lipinski definition) is 3. The van der Waals surface area contributed by atoms with Crippen molar-refractivity contribution in [3.63, 3.8) is 0 Å². The van der Waals surface area contributed by atoms with Gasteiger partial charge < -0.3 is 4.90 Å². The summed E-state index contributed by atoms with van der Waals surface area (Å²) >= 11 is 8.88. The summed E-state index contributed by atoms with van der Waals surface area (Å²) in [6, 6.07) is 3.24. The number of halogens is 2. The minimum Gasteiger partial charge on any atom is -0.302 e. The zero-order valence-corrected chi connectivity index (χ0v) is 9.88. The number of pyridine rings is 1. The first-order valence-electron chi connectivity index (χ1n) is 4.22. The van der Waals surface area contributed by atoms with E-state index in [0.717, 1.165) is 0 Å². The maximum Gasteiger partial charge on any atom is 0.235 e. The molecule has 1 saturated heterocycles. The Morgan fingerprint density at radius 1 is 1.40 bits per heavy atom. The SMILES string of the molecule is O=C1CC(=O)N(c2ccc(Cl)nc2Br)C1. The Hall–Kier alpha value is -0.940. The van der Waals surface area contributed by atoms with Crippen molar-refractivity contribution in [3.05, 3.63) is 21.9 Å². The highest BCUT2D eigenvalue weighted by molar-refractivity contribution is 9.10. The molecule has 0 saturated carbocycles. The minimum atomic E-state index is -0.204. The molecule has 2 heterocycles. The maximum absolute atomic E-state index is 11.4. The summed E-state index contributed by atoms with van der Waals surface area (Å²) in [6.45, 7) is 0.112. The Balaban J connectivity index is 2.38. The number of rotatable bonds is 1.